The number of anilines is 1. The maximum atomic E-state index is 12.9. The second-order valence-corrected chi connectivity index (χ2v) is 9.44. The van der Waals surface area contributed by atoms with E-state index in [9.17, 15) is 13.2 Å². The molecule has 0 saturated carbocycles. The molecular weight excluding hydrogens is 428 g/mol. The van der Waals surface area contributed by atoms with Gasteiger partial charge in [0.25, 0.3) is 5.91 Å². The number of methoxy groups -OCH3 is 1. The van der Waals surface area contributed by atoms with Crippen molar-refractivity contribution in [1.82, 2.24) is 4.31 Å². The first-order chi connectivity index (χ1) is 14.3. The third-order valence-electron chi connectivity index (χ3n) is 4.84. The molecule has 0 radical (unpaired) electrons. The fourth-order valence-corrected chi connectivity index (χ4v) is 4.97. The molecule has 9 heteroatoms. The SMILES string of the molecule is COc1ccc(S(=O)(=O)N2CCCCC2)cc1NC(=O)COc1cc(C)ccc1Cl. The Kier molecular flexibility index (Phi) is 7.23. The molecule has 1 heterocycles. The van der Waals surface area contributed by atoms with Crippen molar-refractivity contribution in [1.29, 1.82) is 0 Å². The minimum absolute atomic E-state index is 0.114. The molecule has 1 fully saturated rings. The van der Waals surface area contributed by atoms with Crippen LogP contribution in [-0.2, 0) is 14.8 Å². The molecule has 0 spiro atoms. The van der Waals surface area contributed by atoms with Crippen molar-refractivity contribution in [3.8, 4) is 11.5 Å². The third kappa shape index (κ3) is 5.24. The van der Waals surface area contributed by atoms with Crippen LogP contribution in [0.15, 0.2) is 41.3 Å². The van der Waals surface area contributed by atoms with E-state index in [0.29, 0.717) is 29.6 Å². The Labute approximate surface area is 182 Å². The highest BCUT2D eigenvalue weighted by atomic mass is 35.5. The van der Waals surface area contributed by atoms with E-state index in [4.69, 9.17) is 21.1 Å². The zero-order chi connectivity index (χ0) is 21.7. The van der Waals surface area contributed by atoms with E-state index in [-0.39, 0.29) is 17.2 Å². The molecule has 0 unspecified atom stereocenters. The molecule has 0 atom stereocenters. The van der Waals surface area contributed by atoms with Gasteiger partial charge < -0.3 is 14.8 Å². The minimum Gasteiger partial charge on any atom is -0.495 e. The van der Waals surface area contributed by atoms with Gasteiger partial charge in [-0.15, -0.1) is 0 Å². The number of sulfonamides is 1. The number of ether oxygens (including phenoxy) is 2. The predicted octanol–water partition coefficient (Wildman–Crippen LogP) is 3.85. The molecule has 1 N–H and O–H groups in total. The quantitative estimate of drug-likeness (QED) is 0.689. The standard InChI is InChI=1S/C21H25ClN2O5S/c1-15-6-8-17(22)20(12-15)29-14-21(25)23-18-13-16(7-9-19(18)28-2)30(26,27)24-10-4-3-5-11-24/h6-9,12-13H,3-5,10-11,14H2,1-2H3,(H,23,25). The molecule has 1 saturated heterocycles. The number of rotatable bonds is 7. The molecule has 1 aliphatic heterocycles. The van der Waals surface area contributed by atoms with Gasteiger partial charge in [-0.25, -0.2) is 8.42 Å². The fraction of sp³-hybridized carbons (Fsp3) is 0.381. The predicted molar refractivity (Wildman–Crippen MR) is 116 cm³/mol. The lowest BCUT2D eigenvalue weighted by molar-refractivity contribution is -0.118. The molecule has 162 valence electrons. The summed E-state index contributed by atoms with van der Waals surface area (Å²) in [7, 11) is -2.18. The average Bonchev–Trinajstić information content (AvgIpc) is 2.75. The highest BCUT2D eigenvalue weighted by Gasteiger charge is 2.27. The van der Waals surface area contributed by atoms with E-state index < -0.39 is 15.9 Å². The van der Waals surface area contributed by atoms with Gasteiger partial charge in [0.1, 0.15) is 11.5 Å². The number of benzene rings is 2. The zero-order valence-corrected chi connectivity index (χ0v) is 18.6. The van der Waals surface area contributed by atoms with E-state index in [0.717, 1.165) is 24.8 Å². The number of nitrogens with one attached hydrogen (secondary N) is 1. The van der Waals surface area contributed by atoms with Gasteiger partial charge in [-0.2, -0.15) is 4.31 Å². The first kappa shape index (κ1) is 22.4. The fourth-order valence-electron chi connectivity index (χ4n) is 3.25. The maximum absolute atomic E-state index is 12.9. The number of carbonyl (C=O) groups excluding carboxylic acids is 1. The Bertz CT molecular complexity index is 1020. The molecule has 30 heavy (non-hydrogen) atoms. The van der Waals surface area contributed by atoms with Crippen LogP contribution in [0.25, 0.3) is 0 Å². The summed E-state index contributed by atoms with van der Waals surface area (Å²) in [5.74, 6) is 0.299. The monoisotopic (exact) mass is 452 g/mol. The molecule has 0 aliphatic carbocycles. The van der Waals surface area contributed by atoms with Crippen LogP contribution in [-0.4, -0.2) is 45.4 Å². The summed E-state index contributed by atoms with van der Waals surface area (Å²) >= 11 is 6.08. The third-order valence-corrected chi connectivity index (χ3v) is 7.05. The number of amides is 1. The van der Waals surface area contributed by atoms with Gasteiger partial charge in [0, 0.05) is 13.1 Å². The van der Waals surface area contributed by atoms with Crippen LogP contribution < -0.4 is 14.8 Å². The topological polar surface area (TPSA) is 84.9 Å². The van der Waals surface area contributed by atoms with Gasteiger partial charge in [0.2, 0.25) is 10.0 Å². The van der Waals surface area contributed by atoms with Crippen LogP contribution >= 0.6 is 11.6 Å². The molecule has 2 aromatic rings. The van der Waals surface area contributed by atoms with Gasteiger partial charge in [-0.05, 0) is 55.7 Å². The normalized spacial score (nSPS) is 14.9. The van der Waals surface area contributed by atoms with E-state index >= 15 is 0 Å². The van der Waals surface area contributed by atoms with E-state index in [1.807, 2.05) is 13.0 Å². The summed E-state index contributed by atoms with van der Waals surface area (Å²) in [5.41, 5.74) is 1.21. The lowest BCUT2D eigenvalue weighted by atomic mass is 10.2. The van der Waals surface area contributed by atoms with Crippen LogP contribution in [0.2, 0.25) is 5.02 Å². The van der Waals surface area contributed by atoms with Crippen LogP contribution in [0.5, 0.6) is 11.5 Å². The largest absolute Gasteiger partial charge is 0.495 e. The molecule has 7 nitrogen and oxygen atoms in total. The second kappa shape index (κ2) is 9.68. The zero-order valence-electron chi connectivity index (χ0n) is 17.0. The molecule has 2 aromatic carbocycles. The molecule has 0 aromatic heterocycles. The Morgan fingerprint density at radius 1 is 1.10 bits per heavy atom. The summed E-state index contributed by atoms with van der Waals surface area (Å²) in [4.78, 5) is 12.5. The van der Waals surface area contributed by atoms with E-state index in [2.05, 4.69) is 5.32 Å². The van der Waals surface area contributed by atoms with Gasteiger partial charge >= 0.3 is 0 Å². The van der Waals surface area contributed by atoms with Gasteiger partial charge in [-0.1, -0.05) is 24.1 Å². The number of hydrogen-bond donors (Lipinski definition) is 1. The number of nitrogens with zero attached hydrogens (tertiary/aromatic N) is 1. The molecular formula is C21H25ClN2O5S. The lowest BCUT2D eigenvalue weighted by Gasteiger charge is -2.26. The number of aryl methyl sites for hydroxylation is 1. The highest BCUT2D eigenvalue weighted by Crippen LogP contribution is 2.30. The van der Waals surface area contributed by atoms with Crippen molar-refractivity contribution in [3.63, 3.8) is 0 Å². The van der Waals surface area contributed by atoms with Crippen molar-refractivity contribution >= 4 is 33.2 Å². The van der Waals surface area contributed by atoms with Crippen molar-refractivity contribution in [3.05, 3.63) is 47.0 Å². The van der Waals surface area contributed by atoms with Crippen molar-refractivity contribution < 1.29 is 22.7 Å². The number of hydrogen-bond acceptors (Lipinski definition) is 5. The Hall–Kier alpha value is -2.29. The highest BCUT2D eigenvalue weighted by molar-refractivity contribution is 7.89. The minimum atomic E-state index is -3.63. The summed E-state index contributed by atoms with van der Waals surface area (Å²) in [6, 6.07) is 9.71. The van der Waals surface area contributed by atoms with Crippen molar-refractivity contribution in [2.45, 2.75) is 31.1 Å². The first-order valence-electron chi connectivity index (χ1n) is 9.68. The maximum Gasteiger partial charge on any atom is 0.262 e. The summed E-state index contributed by atoms with van der Waals surface area (Å²) < 4.78 is 38.1. The van der Waals surface area contributed by atoms with Crippen LogP contribution in [0.1, 0.15) is 24.8 Å². The second-order valence-electron chi connectivity index (χ2n) is 7.10. The smallest absolute Gasteiger partial charge is 0.262 e. The Balaban J connectivity index is 1.75. The van der Waals surface area contributed by atoms with Crippen molar-refractivity contribution in [2.24, 2.45) is 0 Å². The van der Waals surface area contributed by atoms with Crippen molar-refractivity contribution in [2.75, 3.05) is 32.1 Å². The summed E-state index contributed by atoms with van der Waals surface area (Å²) in [5, 5.41) is 3.07. The van der Waals surface area contributed by atoms with Crippen LogP contribution in [0, 0.1) is 6.92 Å². The lowest BCUT2D eigenvalue weighted by Crippen LogP contribution is -2.35. The van der Waals surface area contributed by atoms with Gasteiger partial charge in [0.05, 0.1) is 22.7 Å². The molecule has 1 amide bonds. The first-order valence-corrected chi connectivity index (χ1v) is 11.5. The van der Waals surface area contributed by atoms with Crippen LogP contribution in [0.4, 0.5) is 5.69 Å². The Morgan fingerprint density at radius 2 is 1.83 bits per heavy atom. The van der Waals surface area contributed by atoms with Gasteiger partial charge in [0.15, 0.2) is 6.61 Å². The molecule has 0 bridgehead atoms. The van der Waals surface area contributed by atoms with E-state index in [1.165, 1.54) is 29.6 Å². The molecule has 3 rings (SSSR count). The summed E-state index contributed by atoms with van der Waals surface area (Å²) in [6.07, 6.45) is 2.72. The van der Waals surface area contributed by atoms with Gasteiger partial charge in [-0.3, -0.25) is 4.79 Å². The number of carbonyl (C=O) groups is 1. The number of halogens is 1. The molecule has 1 aliphatic rings. The van der Waals surface area contributed by atoms with E-state index in [1.54, 1.807) is 12.1 Å². The average molecular weight is 453 g/mol. The summed E-state index contributed by atoms with van der Waals surface area (Å²) in [6.45, 7) is 2.61. The Morgan fingerprint density at radius 3 is 2.53 bits per heavy atom. The number of piperidine rings is 1. The van der Waals surface area contributed by atoms with Crippen LogP contribution in [0.3, 0.4) is 0 Å².